The van der Waals surface area contributed by atoms with E-state index in [0.29, 0.717) is 0 Å². The third kappa shape index (κ3) is 1.38. The van der Waals surface area contributed by atoms with Crippen LogP contribution in [-0.2, 0) is 0 Å². The Hall–Kier alpha value is -1.16. The van der Waals surface area contributed by atoms with Crippen LogP contribution in [0.15, 0.2) is 41.5 Å². The molecule has 60 valence electrons. The molecule has 0 N–H and O–H groups in total. The Morgan fingerprint density at radius 3 is 2.58 bits per heavy atom. The van der Waals surface area contributed by atoms with Crippen molar-refractivity contribution in [3.8, 4) is 5.82 Å². The van der Waals surface area contributed by atoms with Gasteiger partial charge in [0.1, 0.15) is 4.60 Å². The summed E-state index contributed by atoms with van der Waals surface area (Å²) < 4.78 is 2.64. The van der Waals surface area contributed by atoms with E-state index in [1.54, 1.807) is 12.4 Å². The van der Waals surface area contributed by atoms with Crippen LogP contribution >= 0.6 is 15.9 Å². The summed E-state index contributed by atoms with van der Waals surface area (Å²) in [6.45, 7) is 0. The van der Waals surface area contributed by atoms with Crippen molar-refractivity contribution >= 4 is 15.9 Å². The molecule has 2 aromatic heterocycles. The molecule has 0 unspecified atom stereocenters. The fraction of sp³-hybridized carbons (Fsp3) is 0. The first-order valence-corrected chi connectivity index (χ1v) is 4.26. The van der Waals surface area contributed by atoms with Crippen molar-refractivity contribution in [1.29, 1.82) is 0 Å². The molecule has 0 spiro atoms. The predicted molar refractivity (Wildman–Crippen MR) is 49.1 cm³/mol. The van der Waals surface area contributed by atoms with Crippen molar-refractivity contribution in [3.05, 3.63) is 41.5 Å². The van der Waals surface area contributed by atoms with Crippen LogP contribution in [0, 0.1) is 0 Å². The SMILES string of the molecule is Brc1cncc(-n2cccc2)n1. The molecule has 0 amide bonds. The molecule has 0 bridgehead atoms. The molecule has 4 heteroatoms. The maximum Gasteiger partial charge on any atom is 0.156 e. The van der Waals surface area contributed by atoms with Gasteiger partial charge in [0.05, 0.1) is 12.4 Å². The number of halogens is 1. The molecule has 2 rings (SSSR count). The topological polar surface area (TPSA) is 30.7 Å². The zero-order valence-electron chi connectivity index (χ0n) is 6.18. The molecule has 0 saturated carbocycles. The van der Waals surface area contributed by atoms with Crippen molar-refractivity contribution in [2.24, 2.45) is 0 Å². The van der Waals surface area contributed by atoms with Gasteiger partial charge in [-0.1, -0.05) is 0 Å². The van der Waals surface area contributed by atoms with Gasteiger partial charge in [-0.15, -0.1) is 0 Å². The Morgan fingerprint density at radius 2 is 1.92 bits per heavy atom. The van der Waals surface area contributed by atoms with E-state index in [-0.39, 0.29) is 0 Å². The maximum absolute atomic E-state index is 4.23. The van der Waals surface area contributed by atoms with Crippen LogP contribution in [0.25, 0.3) is 5.82 Å². The first-order valence-electron chi connectivity index (χ1n) is 3.47. The van der Waals surface area contributed by atoms with Crippen molar-refractivity contribution in [2.75, 3.05) is 0 Å². The van der Waals surface area contributed by atoms with Crippen LogP contribution in [-0.4, -0.2) is 14.5 Å². The van der Waals surface area contributed by atoms with Crippen molar-refractivity contribution < 1.29 is 0 Å². The first kappa shape index (κ1) is 7.49. The lowest BCUT2D eigenvalue weighted by Gasteiger charge is -1.99. The van der Waals surface area contributed by atoms with E-state index in [0.717, 1.165) is 10.4 Å². The highest BCUT2D eigenvalue weighted by molar-refractivity contribution is 9.10. The van der Waals surface area contributed by atoms with Gasteiger partial charge in [0.2, 0.25) is 0 Å². The Labute approximate surface area is 78.2 Å². The van der Waals surface area contributed by atoms with E-state index in [2.05, 4.69) is 25.9 Å². The summed E-state index contributed by atoms with van der Waals surface area (Å²) in [6.07, 6.45) is 7.23. The van der Waals surface area contributed by atoms with Gasteiger partial charge in [0.25, 0.3) is 0 Å². The van der Waals surface area contributed by atoms with E-state index < -0.39 is 0 Å². The fourth-order valence-electron chi connectivity index (χ4n) is 0.944. The minimum atomic E-state index is 0.744. The summed E-state index contributed by atoms with van der Waals surface area (Å²) in [4.78, 5) is 8.24. The number of hydrogen-bond acceptors (Lipinski definition) is 2. The minimum absolute atomic E-state index is 0.744. The van der Waals surface area contributed by atoms with Gasteiger partial charge >= 0.3 is 0 Å². The number of rotatable bonds is 1. The molecule has 2 heterocycles. The monoisotopic (exact) mass is 223 g/mol. The molecule has 3 nitrogen and oxygen atoms in total. The van der Waals surface area contributed by atoms with E-state index in [4.69, 9.17) is 0 Å². The normalized spacial score (nSPS) is 10.1. The molecule has 0 saturated heterocycles. The van der Waals surface area contributed by atoms with E-state index in [9.17, 15) is 0 Å². The molecule has 2 aromatic rings. The number of nitrogens with zero attached hydrogens (tertiary/aromatic N) is 3. The van der Waals surface area contributed by atoms with Crippen LogP contribution in [0.5, 0.6) is 0 Å². The van der Waals surface area contributed by atoms with Gasteiger partial charge in [0.15, 0.2) is 5.82 Å². The Morgan fingerprint density at radius 1 is 1.17 bits per heavy atom. The van der Waals surface area contributed by atoms with Crippen LogP contribution < -0.4 is 0 Å². The maximum atomic E-state index is 4.23. The van der Waals surface area contributed by atoms with Gasteiger partial charge in [0, 0.05) is 12.4 Å². The molecule has 0 radical (unpaired) electrons. The summed E-state index contributed by atoms with van der Waals surface area (Å²) in [6, 6.07) is 3.89. The van der Waals surface area contributed by atoms with E-state index >= 15 is 0 Å². The van der Waals surface area contributed by atoms with Crippen LogP contribution in [0.4, 0.5) is 0 Å². The second-order valence-corrected chi connectivity index (χ2v) is 3.10. The van der Waals surface area contributed by atoms with Gasteiger partial charge < -0.3 is 4.57 Å². The minimum Gasteiger partial charge on any atom is -0.307 e. The van der Waals surface area contributed by atoms with Crippen LogP contribution in [0.2, 0.25) is 0 Å². The molecular formula is C8H6BrN3. The number of hydrogen-bond donors (Lipinski definition) is 0. The van der Waals surface area contributed by atoms with Gasteiger partial charge in [-0.25, -0.2) is 4.98 Å². The molecular weight excluding hydrogens is 218 g/mol. The average Bonchev–Trinajstić information content (AvgIpc) is 2.56. The summed E-state index contributed by atoms with van der Waals surface area (Å²) in [5, 5.41) is 0. The van der Waals surface area contributed by atoms with Gasteiger partial charge in [-0.05, 0) is 28.1 Å². The van der Waals surface area contributed by atoms with Crippen molar-refractivity contribution in [2.45, 2.75) is 0 Å². The highest BCUT2D eigenvalue weighted by Crippen LogP contribution is 2.07. The Bertz CT molecular complexity index is 370. The molecule has 0 fully saturated rings. The highest BCUT2D eigenvalue weighted by Gasteiger charge is 1.96. The number of aromatic nitrogens is 3. The van der Waals surface area contributed by atoms with Crippen molar-refractivity contribution in [3.63, 3.8) is 0 Å². The molecule has 0 aliphatic carbocycles. The van der Waals surface area contributed by atoms with E-state index in [1.165, 1.54) is 0 Å². The summed E-state index contributed by atoms with van der Waals surface area (Å²) in [5.74, 6) is 0.814. The molecule has 0 aliphatic heterocycles. The lowest BCUT2D eigenvalue weighted by molar-refractivity contribution is 0.971. The quantitative estimate of drug-likeness (QED) is 0.741. The van der Waals surface area contributed by atoms with Gasteiger partial charge in [-0.3, -0.25) is 4.98 Å². The second-order valence-electron chi connectivity index (χ2n) is 2.29. The smallest absolute Gasteiger partial charge is 0.156 e. The molecule has 12 heavy (non-hydrogen) atoms. The van der Waals surface area contributed by atoms with Crippen molar-refractivity contribution in [1.82, 2.24) is 14.5 Å². The van der Waals surface area contributed by atoms with E-state index in [1.807, 2.05) is 29.1 Å². The van der Waals surface area contributed by atoms with Crippen LogP contribution in [0.1, 0.15) is 0 Å². The van der Waals surface area contributed by atoms with Gasteiger partial charge in [-0.2, -0.15) is 0 Å². The molecule has 0 aromatic carbocycles. The standard InChI is InChI=1S/C8H6BrN3/c9-7-5-10-6-8(11-7)12-3-1-2-4-12/h1-6H. The summed E-state index contributed by atoms with van der Waals surface area (Å²) >= 11 is 3.26. The second kappa shape index (κ2) is 3.06. The fourth-order valence-corrected chi connectivity index (χ4v) is 1.24. The Balaban J connectivity index is 2.48. The summed E-state index contributed by atoms with van der Waals surface area (Å²) in [7, 11) is 0. The third-order valence-electron chi connectivity index (χ3n) is 1.46. The lowest BCUT2D eigenvalue weighted by atomic mass is 10.6. The lowest BCUT2D eigenvalue weighted by Crippen LogP contribution is -1.94. The van der Waals surface area contributed by atoms with Crippen LogP contribution in [0.3, 0.4) is 0 Å². The largest absolute Gasteiger partial charge is 0.307 e. The zero-order chi connectivity index (χ0) is 8.39. The summed E-state index contributed by atoms with van der Waals surface area (Å²) in [5.41, 5.74) is 0. The average molecular weight is 224 g/mol. The molecule has 0 aliphatic rings. The Kier molecular flexibility index (Phi) is 1.91. The third-order valence-corrected chi connectivity index (χ3v) is 1.84. The predicted octanol–water partition coefficient (Wildman–Crippen LogP) is 2.03. The first-order chi connectivity index (χ1) is 5.86. The molecule has 0 atom stereocenters. The highest BCUT2D eigenvalue weighted by atomic mass is 79.9. The zero-order valence-corrected chi connectivity index (χ0v) is 7.77.